The van der Waals surface area contributed by atoms with Crippen LogP contribution in [0.3, 0.4) is 0 Å². The highest BCUT2D eigenvalue weighted by Crippen LogP contribution is 2.20. The van der Waals surface area contributed by atoms with Crippen molar-refractivity contribution >= 4 is 16.9 Å². The van der Waals surface area contributed by atoms with E-state index in [2.05, 4.69) is 34.1 Å². The largest absolute Gasteiger partial charge is 0.345 e. The van der Waals surface area contributed by atoms with Crippen molar-refractivity contribution in [2.75, 3.05) is 0 Å². The summed E-state index contributed by atoms with van der Waals surface area (Å²) < 4.78 is 0. The number of carbonyl (C=O) groups excluding carboxylic acids is 1. The number of nitrogens with one attached hydrogen (secondary N) is 2. The molecule has 0 fully saturated rings. The summed E-state index contributed by atoms with van der Waals surface area (Å²) in [5.74, 6) is 0.135. The van der Waals surface area contributed by atoms with Crippen molar-refractivity contribution in [1.82, 2.24) is 20.3 Å². The average molecular weight is 294 g/mol. The van der Waals surface area contributed by atoms with Gasteiger partial charge in [-0.15, -0.1) is 0 Å². The zero-order valence-electron chi connectivity index (χ0n) is 12.6. The van der Waals surface area contributed by atoms with E-state index in [1.807, 2.05) is 30.3 Å². The molecule has 0 radical (unpaired) electrons. The van der Waals surface area contributed by atoms with E-state index in [1.165, 1.54) is 0 Å². The van der Waals surface area contributed by atoms with Crippen molar-refractivity contribution in [2.45, 2.75) is 19.9 Å². The molecule has 2 aromatic heterocycles. The molecule has 2 N–H and O–H groups in total. The fourth-order valence-corrected chi connectivity index (χ4v) is 2.44. The zero-order chi connectivity index (χ0) is 15.5. The molecule has 112 valence electrons. The number of H-pyrrole nitrogens is 1. The summed E-state index contributed by atoms with van der Waals surface area (Å²) in [4.78, 5) is 24.1. The highest BCUT2D eigenvalue weighted by atomic mass is 16.1. The molecule has 0 saturated heterocycles. The Hall–Kier alpha value is -2.69. The fourth-order valence-electron chi connectivity index (χ4n) is 2.44. The quantitative estimate of drug-likeness (QED) is 0.776. The first kappa shape index (κ1) is 14.3. The summed E-state index contributed by atoms with van der Waals surface area (Å²) in [6.07, 6.45) is 3.37. The van der Waals surface area contributed by atoms with Crippen molar-refractivity contribution in [3.63, 3.8) is 0 Å². The summed E-state index contributed by atoms with van der Waals surface area (Å²) in [6, 6.07) is 11.1. The first-order chi connectivity index (χ1) is 10.6. The van der Waals surface area contributed by atoms with Crippen LogP contribution >= 0.6 is 0 Å². The number of fused-ring (bicyclic) bond motifs is 1. The second kappa shape index (κ2) is 5.97. The molecule has 1 amide bonds. The number of hydrogen-bond donors (Lipinski definition) is 2. The van der Waals surface area contributed by atoms with Gasteiger partial charge < -0.3 is 10.3 Å². The summed E-state index contributed by atoms with van der Waals surface area (Å²) in [7, 11) is 0. The maximum Gasteiger partial charge on any atom is 0.251 e. The molecule has 5 nitrogen and oxygen atoms in total. The van der Waals surface area contributed by atoms with E-state index in [-0.39, 0.29) is 17.9 Å². The van der Waals surface area contributed by atoms with Crippen molar-refractivity contribution in [2.24, 2.45) is 5.92 Å². The van der Waals surface area contributed by atoms with E-state index in [4.69, 9.17) is 0 Å². The Morgan fingerprint density at radius 3 is 2.77 bits per heavy atom. The second-order valence-corrected chi connectivity index (χ2v) is 5.58. The van der Waals surface area contributed by atoms with Gasteiger partial charge >= 0.3 is 0 Å². The molecule has 1 unspecified atom stereocenters. The normalized spacial score (nSPS) is 12.5. The van der Waals surface area contributed by atoms with Gasteiger partial charge in [0.1, 0.15) is 0 Å². The number of aromatic amines is 1. The number of pyridine rings is 1. The number of nitrogens with zero attached hydrogens (tertiary/aromatic N) is 2. The number of rotatable bonds is 4. The van der Waals surface area contributed by atoms with Gasteiger partial charge in [0.2, 0.25) is 0 Å². The first-order valence-electron chi connectivity index (χ1n) is 7.30. The van der Waals surface area contributed by atoms with Crippen LogP contribution in [-0.2, 0) is 0 Å². The van der Waals surface area contributed by atoms with Gasteiger partial charge in [-0.1, -0.05) is 19.9 Å². The molecule has 0 aliphatic heterocycles. The van der Waals surface area contributed by atoms with Crippen molar-refractivity contribution in [3.8, 4) is 0 Å². The topological polar surface area (TPSA) is 70.7 Å². The third-order valence-corrected chi connectivity index (χ3v) is 3.64. The Morgan fingerprint density at radius 2 is 2.05 bits per heavy atom. The minimum atomic E-state index is -0.119. The monoisotopic (exact) mass is 294 g/mol. The molecule has 0 aliphatic rings. The van der Waals surface area contributed by atoms with E-state index in [1.54, 1.807) is 18.6 Å². The highest BCUT2D eigenvalue weighted by Gasteiger charge is 2.20. The van der Waals surface area contributed by atoms with Crippen LogP contribution in [0.25, 0.3) is 11.0 Å². The third-order valence-electron chi connectivity index (χ3n) is 3.64. The number of imidazole rings is 1. The third kappa shape index (κ3) is 2.83. The molecule has 1 aromatic carbocycles. The number of benzene rings is 1. The van der Waals surface area contributed by atoms with Gasteiger partial charge in [0.05, 0.1) is 29.1 Å². The molecule has 3 rings (SSSR count). The van der Waals surface area contributed by atoms with Crippen LogP contribution in [0.15, 0.2) is 48.9 Å². The van der Waals surface area contributed by atoms with Crippen LogP contribution in [-0.4, -0.2) is 20.9 Å². The first-order valence-corrected chi connectivity index (χ1v) is 7.30. The maximum atomic E-state index is 12.5. The standard InChI is InChI=1S/C17H18N4O/c1-11(2)16(14-5-3-4-8-18-14)21-17(22)12-6-7-13-15(9-12)20-10-19-13/h3-11,16H,1-2H3,(H,19,20)(H,21,22). The molecule has 0 bridgehead atoms. The summed E-state index contributed by atoms with van der Waals surface area (Å²) in [5.41, 5.74) is 3.18. The van der Waals surface area contributed by atoms with Gasteiger partial charge in [-0.2, -0.15) is 0 Å². The number of carbonyl (C=O) groups is 1. The summed E-state index contributed by atoms with van der Waals surface area (Å²) >= 11 is 0. The summed E-state index contributed by atoms with van der Waals surface area (Å²) in [5, 5.41) is 3.07. The van der Waals surface area contributed by atoms with E-state index in [9.17, 15) is 4.79 Å². The molecule has 1 atom stereocenters. The lowest BCUT2D eigenvalue weighted by molar-refractivity contribution is 0.0924. The van der Waals surface area contributed by atoms with E-state index < -0.39 is 0 Å². The number of amides is 1. The van der Waals surface area contributed by atoms with Crippen LogP contribution in [0.2, 0.25) is 0 Å². The van der Waals surface area contributed by atoms with Gasteiger partial charge in [-0.3, -0.25) is 9.78 Å². The maximum absolute atomic E-state index is 12.5. The zero-order valence-corrected chi connectivity index (χ0v) is 12.6. The lowest BCUT2D eigenvalue weighted by Crippen LogP contribution is -2.32. The fraction of sp³-hybridized carbons (Fsp3) is 0.235. The smallest absolute Gasteiger partial charge is 0.251 e. The molecule has 0 saturated carbocycles. The van der Waals surface area contributed by atoms with Crippen LogP contribution in [0.4, 0.5) is 0 Å². The van der Waals surface area contributed by atoms with Gasteiger partial charge in [-0.05, 0) is 36.2 Å². The Bertz CT molecular complexity index is 779. The number of hydrogen-bond acceptors (Lipinski definition) is 3. The van der Waals surface area contributed by atoms with Gasteiger partial charge in [0.15, 0.2) is 0 Å². The van der Waals surface area contributed by atoms with Crippen LogP contribution in [0, 0.1) is 5.92 Å². The van der Waals surface area contributed by atoms with Crippen molar-refractivity contribution < 1.29 is 4.79 Å². The van der Waals surface area contributed by atoms with Crippen molar-refractivity contribution in [3.05, 3.63) is 60.2 Å². The Balaban J connectivity index is 1.84. The van der Waals surface area contributed by atoms with Crippen LogP contribution in [0.1, 0.15) is 35.9 Å². The van der Waals surface area contributed by atoms with E-state index in [0.29, 0.717) is 5.56 Å². The Kier molecular flexibility index (Phi) is 3.87. The van der Waals surface area contributed by atoms with Gasteiger partial charge in [0.25, 0.3) is 5.91 Å². The average Bonchev–Trinajstić information content (AvgIpc) is 3.00. The number of aromatic nitrogens is 3. The predicted octanol–water partition coefficient (Wildman–Crippen LogP) is 3.09. The lowest BCUT2D eigenvalue weighted by Gasteiger charge is -2.22. The lowest BCUT2D eigenvalue weighted by atomic mass is 9.99. The molecule has 0 spiro atoms. The SMILES string of the molecule is CC(C)C(NC(=O)c1ccc2nc[nH]c2c1)c1ccccn1. The second-order valence-electron chi connectivity index (χ2n) is 5.58. The minimum absolute atomic E-state index is 0.110. The molecule has 2 heterocycles. The van der Waals surface area contributed by atoms with Crippen molar-refractivity contribution in [1.29, 1.82) is 0 Å². The van der Waals surface area contributed by atoms with E-state index >= 15 is 0 Å². The molecule has 3 aromatic rings. The van der Waals surface area contributed by atoms with Crippen LogP contribution in [0.5, 0.6) is 0 Å². The highest BCUT2D eigenvalue weighted by molar-refractivity contribution is 5.97. The van der Waals surface area contributed by atoms with Gasteiger partial charge in [-0.25, -0.2) is 4.98 Å². The minimum Gasteiger partial charge on any atom is -0.345 e. The van der Waals surface area contributed by atoms with Crippen LogP contribution < -0.4 is 5.32 Å². The molecule has 22 heavy (non-hydrogen) atoms. The predicted molar refractivity (Wildman–Crippen MR) is 85.4 cm³/mol. The molecule has 5 heteroatoms. The summed E-state index contributed by atoms with van der Waals surface area (Å²) in [6.45, 7) is 4.13. The Morgan fingerprint density at radius 1 is 1.18 bits per heavy atom. The Labute approximate surface area is 128 Å². The van der Waals surface area contributed by atoms with E-state index in [0.717, 1.165) is 16.7 Å². The molecular weight excluding hydrogens is 276 g/mol. The van der Waals surface area contributed by atoms with Gasteiger partial charge in [0, 0.05) is 11.8 Å². The molecular formula is C17H18N4O. The molecule has 0 aliphatic carbocycles.